The van der Waals surface area contributed by atoms with E-state index in [1.165, 1.54) is 0 Å². The average molecular weight is 414 g/mol. The van der Waals surface area contributed by atoms with Crippen LogP contribution in [-0.2, 0) is 16.4 Å². The van der Waals surface area contributed by atoms with E-state index in [2.05, 4.69) is 20.7 Å². The summed E-state index contributed by atoms with van der Waals surface area (Å²) in [4.78, 5) is 0.231. The van der Waals surface area contributed by atoms with E-state index in [-0.39, 0.29) is 4.90 Å². The van der Waals surface area contributed by atoms with Gasteiger partial charge in [0.15, 0.2) is 11.5 Å². The lowest BCUT2D eigenvalue weighted by Gasteiger charge is -2.12. The summed E-state index contributed by atoms with van der Waals surface area (Å²) in [5.74, 6) is 1.32. The number of ether oxygens (including phenoxy) is 2. The Hall–Kier alpha value is -1.57. The lowest BCUT2D eigenvalue weighted by molar-refractivity contribution is 0.310. The van der Waals surface area contributed by atoms with E-state index < -0.39 is 10.0 Å². The summed E-state index contributed by atoms with van der Waals surface area (Å²) in [5.41, 5.74) is 0.963. The van der Waals surface area contributed by atoms with E-state index in [1.807, 2.05) is 25.1 Å². The maximum Gasteiger partial charge on any atom is 0.241 e. The molecule has 0 atom stereocenters. The molecule has 0 spiro atoms. The van der Waals surface area contributed by atoms with Crippen molar-refractivity contribution in [1.82, 2.24) is 4.72 Å². The van der Waals surface area contributed by atoms with E-state index >= 15 is 0 Å². The molecule has 0 aliphatic rings. The van der Waals surface area contributed by atoms with Crippen LogP contribution in [-0.4, -0.2) is 28.7 Å². The number of benzene rings is 2. The zero-order valence-electron chi connectivity index (χ0n) is 13.6. The van der Waals surface area contributed by atoms with Gasteiger partial charge in [-0.25, -0.2) is 13.1 Å². The molecule has 2 aromatic carbocycles. The van der Waals surface area contributed by atoms with Crippen LogP contribution in [0.4, 0.5) is 0 Å². The van der Waals surface area contributed by atoms with Gasteiger partial charge < -0.3 is 9.47 Å². The fourth-order valence-electron chi connectivity index (χ4n) is 2.21. The number of rotatable bonds is 8. The normalized spacial score (nSPS) is 11.3. The molecule has 1 N–H and O–H groups in total. The van der Waals surface area contributed by atoms with E-state index in [0.717, 1.165) is 5.56 Å². The Bertz CT molecular complexity index is 793. The Morgan fingerprint density at radius 1 is 1.12 bits per heavy atom. The van der Waals surface area contributed by atoms with Crippen LogP contribution in [0.25, 0.3) is 0 Å². The highest BCUT2D eigenvalue weighted by molar-refractivity contribution is 9.10. The topological polar surface area (TPSA) is 64.6 Å². The van der Waals surface area contributed by atoms with E-state index in [4.69, 9.17) is 9.47 Å². The Balaban J connectivity index is 2.03. The average Bonchev–Trinajstić information content (AvgIpc) is 2.56. The summed E-state index contributed by atoms with van der Waals surface area (Å²) in [7, 11) is -1.97. The van der Waals surface area contributed by atoms with Crippen LogP contribution < -0.4 is 14.2 Å². The first-order chi connectivity index (χ1) is 11.5. The van der Waals surface area contributed by atoms with Crippen molar-refractivity contribution >= 4 is 26.0 Å². The summed E-state index contributed by atoms with van der Waals surface area (Å²) in [6, 6.07) is 12.3. The maximum atomic E-state index is 12.3. The van der Waals surface area contributed by atoms with Gasteiger partial charge in [0.25, 0.3) is 0 Å². The van der Waals surface area contributed by atoms with Gasteiger partial charge in [-0.05, 0) is 59.1 Å². The van der Waals surface area contributed by atoms with Crippen LogP contribution in [0.2, 0.25) is 0 Å². The quantitative estimate of drug-likeness (QED) is 0.720. The summed E-state index contributed by atoms with van der Waals surface area (Å²) in [6.07, 6.45) is 0.548. The van der Waals surface area contributed by atoms with Crippen molar-refractivity contribution in [2.24, 2.45) is 0 Å². The van der Waals surface area contributed by atoms with Crippen LogP contribution in [0.15, 0.2) is 51.8 Å². The molecule has 0 saturated heterocycles. The molecular formula is C17H20BrNO4S. The highest BCUT2D eigenvalue weighted by atomic mass is 79.9. The number of nitrogens with one attached hydrogen (secondary N) is 1. The zero-order valence-corrected chi connectivity index (χ0v) is 16.0. The predicted molar refractivity (Wildman–Crippen MR) is 97.2 cm³/mol. The molecular weight excluding hydrogens is 394 g/mol. The molecule has 0 radical (unpaired) electrons. The molecule has 5 nitrogen and oxygen atoms in total. The van der Waals surface area contributed by atoms with Crippen LogP contribution in [0.3, 0.4) is 0 Å². The number of hydrogen-bond donors (Lipinski definition) is 1. The molecule has 0 bridgehead atoms. The highest BCUT2D eigenvalue weighted by Crippen LogP contribution is 2.28. The van der Waals surface area contributed by atoms with Crippen molar-refractivity contribution in [1.29, 1.82) is 0 Å². The third-order valence-electron chi connectivity index (χ3n) is 3.36. The molecule has 2 rings (SSSR count). The zero-order chi connectivity index (χ0) is 17.6. The molecule has 0 aliphatic heterocycles. The van der Waals surface area contributed by atoms with Gasteiger partial charge in [0.05, 0.1) is 18.6 Å². The van der Waals surface area contributed by atoms with Gasteiger partial charge in [0.2, 0.25) is 10.0 Å². The molecule has 0 fully saturated rings. The highest BCUT2D eigenvalue weighted by Gasteiger charge is 2.16. The Labute approximate surface area is 151 Å². The first-order valence-electron chi connectivity index (χ1n) is 7.52. The van der Waals surface area contributed by atoms with Gasteiger partial charge in [-0.2, -0.15) is 0 Å². The minimum atomic E-state index is -3.55. The molecule has 0 aliphatic carbocycles. The fraction of sp³-hybridized carbons (Fsp3) is 0.294. The Morgan fingerprint density at radius 3 is 2.54 bits per heavy atom. The lowest BCUT2D eigenvalue weighted by Crippen LogP contribution is -2.26. The Kier molecular flexibility index (Phi) is 6.65. The first kappa shape index (κ1) is 18.8. The standard InChI is InChI=1S/C17H20BrNO4S/c1-3-23-15-9-8-13(12-16(15)22-2)10-11-19-24(20,21)17-7-5-4-6-14(17)18/h4-9,12,19H,3,10-11H2,1-2H3. The smallest absolute Gasteiger partial charge is 0.241 e. The second-order valence-electron chi connectivity index (χ2n) is 5.00. The van der Waals surface area contributed by atoms with Crippen molar-refractivity contribution in [3.63, 3.8) is 0 Å². The van der Waals surface area contributed by atoms with Crippen LogP contribution in [0.1, 0.15) is 12.5 Å². The lowest BCUT2D eigenvalue weighted by atomic mass is 10.1. The second kappa shape index (κ2) is 8.50. The Morgan fingerprint density at radius 2 is 1.88 bits per heavy atom. The number of halogens is 1. The van der Waals surface area contributed by atoms with Gasteiger partial charge in [0.1, 0.15) is 0 Å². The summed E-state index contributed by atoms with van der Waals surface area (Å²) in [6.45, 7) is 2.76. The molecule has 130 valence electrons. The second-order valence-corrected chi connectivity index (χ2v) is 7.59. The molecule has 0 heterocycles. The summed E-state index contributed by atoms with van der Waals surface area (Å²) in [5, 5.41) is 0. The van der Waals surface area contributed by atoms with Crippen molar-refractivity contribution in [2.45, 2.75) is 18.2 Å². The molecule has 0 unspecified atom stereocenters. The molecule has 0 aromatic heterocycles. The molecule has 2 aromatic rings. The van der Waals surface area contributed by atoms with Crippen molar-refractivity contribution < 1.29 is 17.9 Å². The maximum absolute atomic E-state index is 12.3. The first-order valence-corrected chi connectivity index (χ1v) is 9.79. The van der Waals surface area contributed by atoms with E-state index in [0.29, 0.717) is 35.5 Å². The van der Waals surface area contributed by atoms with Crippen LogP contribution in [0.5, 0.6) is 11.5 Å². The fourth-order valence-corrected chi connectivity index (χ4v) is 4.25. The number of sulfonamides is 1. The molecule has 7 heteroatoms. The van der Waals surface area contributed by atoms with Gasteiger partial charge in [-0.1, -0.05) is 18.2 Å². The third-order valence-corrected chi connectivity index (χ3v) is 5.83. The van der Waals surface area contributed by atoms with E-state index in [9.17, 15) is 8.42 Å². The third kappa shape index (κ3) is 4.72. The minimum absolute atomic E-state index is 0.231. The van der Waals surface area contributed by atoms with Gasteiger partial charge in [-0.3, -0.25) is 0 Å². The minimum Gasteiger partial charge on any atom is -0.493 e. The summed E-state index contributed by atoms with van der Waals surface area (Å²) >= 11 is 3.26. The summed E-state index contributed by atoms with van der Waals surface area (Å²) < 4.78 is 38.6. The number of hydrogen-bond acceptors (Lipinski definition) is 4. The van der Waals surface area contributed by atoms with Crippen molar-refractivity contribution in [3.05, 3.63) is 52.5 Å². The molecule has 24 heavy (non-hydrogen) atoms. The predicted octanol–water partition coefficient (Wildman–Crippen LogP) is 3.38. The monoisotopic (exact) mass is 413 g/mol. The van der Waals surface area contributed by atoms with Crippen molar-refractivity contribution in [2.75, 3.05) is 20.3 Å². The SMILES string of the molecule is CCOc1ccc(CCNS(=O)(=O)c2ccccc2Br)cc1OC. The largest absolute Gasteiger partial charge is 0.493 e. The number of methoxy groups -OCH3 is 1. The van der Waals surface area contributed by atoms with Crippen LogP contribution in [0, 0.1) is 0 Å². The van der Waals surface area contributed by atoms with Gasteiger partial charge >= 0.3 is 0 Å². The van der Waals surface area contributed by atoms with Gasteiger partial charge in [0, 0.05) is 11.0 Å². The molecule has 0 amide bonds. The van der Waals surface area contributed by atoms with E-state index in [1.54, 1.807) is 31.4 Å². The van der Waals surface area contributed by atoms with Crippen molar-refractivity contribution in [3.8, 4) is 11.5 Å². The van der Waals surface area contributed by atoms with Gasteiger partial charge in [-0.15, -0.1) is 0 Å². The van der Waals surface area contributed by atoms with Crippen LogP contribution >= 0.6 is 15.9 Å². The molecule has 0 saturated carbocycles.